The lowest BCUT2D eigenvalue weighted by Crippen LogP contribution is -2.22. The minimum Gasteiger partial charge on any atom is -0.295 e. The summed E-state index contributed by atoms with van der Waals surface area (Å²) in [4.78, 5) is 11.3. The van der Waals surface area contributed by atoms with Gasteiger partial charge in [-0.25, -0.2) is 0 Å². The summed E-state index contributed by atoms with van der Waals surface area (Å²) in [6.45, 7) is 10.1. The lowest BCUT2D eigenvalue weighted by atomic mass is 9.74. The van der Waals surface area contributed by atoms with E-state index in [1.54, 1.807) is 0 Å². The summed E-state index contributed by atoms with van der Waals surface area (Å²) in [5.74, 6) is 0.305. The van der Waals surface area contributed by atoms with E-state index in [2.05, 4.69) is 19.6 Å². The maximum absolute atomic E-state index is 11.3. The van der Waals surface area contributed by atoms with Crippen molar-refractivity contribution in [2.75, 3.05) is 0 Å². The fourth-order valence-electron chi connectivity index (χ4n) is 2.10. The van der Waals surface area contributed by atoms with Crippen molar-refractivity contribution in [2.24, 2.45) is 5.41 Å². The Morgan fingerprint density at radius 1 is 1.69 bits per heavy atom. The van der Waals surface area contributed by atoms with Crippen LogP contribution in [0.2, 0.25) is 0 Å². The highest BCUT2D eigenvalue weighted by molar-refractivity contribution is 5.95. The Bertz CT molecular complexity index is 273. The molecule has 0 spiro atoms. The maximum atomic E-state index is 11.3. The van der Waals surface area contributed by atoms with Crippen LogP contribution in [0.3, 0.4) is 0 Å². The fourth-order valence-corrected chi connectivity index (χ4v) is 2.10. The molecule has 1 unspecified atom stereocenters. The Balaban J connectivity index is 2.82. The zero-order valence-electron chi connectivity index (χ0n) is 8.81. The Morgan fingerprint density at radius 2 is 2.31 bits per heavy atom. The van der Waals surface area contributed by atoms with Gasteiger partial charge in [-0.05, 0) is 37.7 Å². The van der Waals surface area contributed by atoms with E-state index >= 15 is 0 Å². The number of rotatable bonds is 2. The van der Waals surface area contributed by atoms with Crippen LogP contribution >= 0.6 is 0 Å². The van der Waals surface area contributed by atoms with Gasteiger partial charge < -0.3 is 0 Å². The second-order valence-corrected chi connectivity index (χ2v) is 4.54. The third-order valence-corrected chi connectivity index (χ3v) is 2.63. The van der Waals surface area contributed by atoms with E-state index in [4.69, 9.17) is 0 Å². The monoisotopic (exact) mass is 178 g/mol. The average molecular weight is 178 g/mol. The van der Waals surface area contributed by atoms with Crippen molar-refractivity contribution in [3.8, 4) is 0 Å². The second kappa shape index (κ2) is 3.49. The summed E-state index contributed by atoms with van der Waals surface area (Å²) in [6, 6.07) is 0. The van der Waals surface area contributed by atoms with Gasteiger partial charge >= 0.3 is 0 Å². The van der Waals surface area contributed by atoms with Crippen molar-refractivity contribution in [2.45, 2.75) is 40.0 Å². The van der Waals surface area contributed by atoms with Gasteiger partial charge in [-0.2, -0.15) is 0 Å². The third kappa shape index (κ3) is 2.55. The Hall–Kier alpha value is -0.850. The summed E-state index contributed by atoms with van der Waals surface area (Å²) in [7, 11) is 0. The van der Waals surface area contributed by atoms with Crippen LogP contribution in [0, 0.1) is 5.41 Å². The van der Waals surface area contributed by atoms with Gasteiger partial charge in [-0.3, -0.25) is 4.79 Å². The minimum atomic E-state index is 0.170. The van der Waals surface area contributed by atoms with Crippen molar-refractivity contribution in [1.82, 2.24) is 0 Å². The van der Waals surface area contributed by atoms with Crippen molar-refractivity contribution in [1.29, 1.82) is 0 Å². The van der Waals surface area contributed by atoms with E-state index in [1.165, 1.54) is 5.57 Å². The van der Waals surface area contributed by atoms with Crippen LogP contribution in [0.4, 0.5) is 0 Å². The van der Waals surface area contributed by atoms with Crippen LogP contribution in [-0.2, 0) is 4.79 Å². The quantitative estimate of drug-likeness (QED) is 0.593. The summed E-state index contributed by atoms with van der Waals surface area (Å²) >= 11 is 0. The summed E-state index contributed by atoms with van der Waals surface area (Å²) in [6.07, 6.45) is 4.78. The van der Waals surface area contributed by atoms with E-state index in [1.807, 2.05) is 13.8 Å². The minimum absolute atomic E-state index is 0.170. The second-order valence-electron chi connectivity index (χ2n) is 4.54. The summed E-state index contributed by atoms with van der Waals surface area (Å²) in [5.41, 5.74) is 2.29. The average Bonchev–Trinajstić information content (AvgIpc) is 1.96. The molecule has 0 aliphatic heterocycles. The molecule has 1 nitrogen and oxygen atoms in total. The molecule has 1 atom stereocenters. The van der Waals surface area contributed by atoms with Gasteiger partial charge in [0, 0.05) is 6.42 Å². The number of ketones is 1. The largest absolute Gasteiger partial charge is 0.295 e. The molecule has 1 aliphatic rings. The van der Waals surface area contributed by atoms with Crippen LogP contribution in [0.25, 0.3) is 0 Å². The van der Waals surface area contributed by atoms with Gasteiger partial charge in [0.2, 0.25) is 0 Å². The first-order valence-corrected chi connectivity index (χ1v) is 4.80. The maximum Gasteiger partial charge on any atom is 0.158 e. The van der Waals surface area contributed by atoms with E-state index in [9.17, 15) is 4.79 Å². The normalized spacial score (nSPS) is 28.5. The molecule has 72 valence electrons. The SMILES string of the molecule is C=C(C)CC1(C)C=C(C)C(=O)CC1. The predicted octanol–water partition coefficient (Wildman–Crippen LogP) is 3.27. The number of allylic oxidation sites excluding steroid dienone is 3. The van der Waals surface area contributed by atoms with E-state index in [-0.39, 0.29) is 5.41 Å². The molecule has 0 amide bonds. The van der Waals surface area contributed by atoms with Crippen LogP contribution < -0.4 is 0 Å². The van der Waals surface area contributed by atoms with E-state index < -0.39 is 0 Å². The zero-order valence-corrected chi connectivity index (χ0v) is 8.81. The van der Waals surface area contributed by atoms with Crippen molar-refractivity contribution < 1.29 is 4.79 Å². The fraction of sp³-hybridized carbons (Fsp3) is 0.583. The third-order valence-electron chi connectivity index (χ3n) is 2.63. The molecule has 0 N–H and O–H groups in total. The highest BCUT2D eigenvalue weighted by Crippen LogP contribution is 2.37. The Morgan fingerprint density at radius 3 is 2.77 bits per heavy atom. The highest BCUT2D eigenvalue weighted by Gasteiger charge is 2.27. The van der Waals surface area contributed by atoms with E-state index in [0.29, 0.717) is 12.2 Å². The van der Waals surface area contributed by atoms with E-state index in [0.717, 1.165) is 18.4 Å². The molecule has 13 heavy (non-hydrogen) atoms. The van der Waals surface area contributed by atoms with Crippen LogP contribution in [0.15, 0.2) is 23.8 Å². The number of Topliss-reactive ketones (excluding diaryl/α,β-unsaturated/α-hetero) is 1. The molecule has 0 aromatic heterocycles. The molecule has 0 aromatic rings. The first-order chi connectivity index (χ1) is 5.93. The van der Waals surface area contributed by atoms with Crippen LogP contribution in [-0.4, -0.2) is 5.78 Å². The first-order valence-electron chi connectivity index (χ1n) is 4.80. The van der Waals surface area contributed by atoms with Crippen molar-refractivity contribution >= 4 is 5.78 Å². The number of hydrogen-bond donors (Lipinski definition) is 0. The molecule has 0 saturated carbocycles. The van der Waals surface area contributed by atoms with Gasteiger partial charge in [-0.1, -0.05) is 18.6 Å². The molecular weight excluding hydrogens is 160 g/mol. The topological polar surface area (TPSA) is 17.1 Å². The molecule has 0 heterocycles. The molecule has 1 aliphatic carbocycles. The molecule has 0 aromatic carbocycles. The zero-order chi connectivity index (χ0) is 10.1. The van der Waals surface area contributed by atoms with Gasteiger partial charge in [-0.15, -0.1) is 6.58 Å². The highest BCUT2D eigenvalue weighted by atomic mass is 16.1. The Kier molecular flexibility index (Phi) is 2.74. The smallest absolute Gasteiger partial charge is 0.158 e. The summed E-state index contributed by atoms with van der Waals surface area (Å²) < 4.78 is 0. The lowest BCUT2D eigenvalue weighted by molar-refractivity contribution is -0.116. The molecular formula is C12H18O. The number of carbonyl (C=O) groups is 1. The van der Waals surface area contributed by atoms with Gasteiger partial charge in [0.1, 0.15) is 0 Å². The first kappa shape index (κ1) is 10.2. The van der Waals surface area contributed by atoms with Crippen LogP contribution in [0.1, 0.15) is 40.0 Å². The van der Waals surface area contributed by atoms with Crippen LogP contribution in [0.5, 0.6) is 0 Å². The molecule has 0 fully saturated rings. The lowest BCUT2D eigenvalue weighted by Gasteiger charge is -2.30. The Labute approximate surface area is 80.5 Å². The molecule has 0 radical (unpaired) electrons. The molecule has 1 rings (SSSR count). The molecule has 0 bridgehead atoms. The number of hydrogen-bond acceptors (Lipinski definition) is 1. The summed E-state index contributed by atoms with van der Waals surface area (Å²) in [5, 5.41) is 0. The molecule has 1 heteroatoms. The molecule has 0 saturated heterocycles. The number of carbonyl (C=O) groups excluding carboxylic acids is 1. The van der Waals surface area contributed by atoms with Gasteiger partial charge in [0.25, 0.3) is 0 Å². The van der Waals surface area contributed by atoms with Crippen molar-refractivity contribution in [3.05, 3.63) is 23.8 Å². The van der Waals surface area contributed by atoms with Gasteiger partial charge in [0.05, 0.1) is 0 Å². The predicted molar refractivity (Wildman–Crippen MR) is 55.5 cm³/mol. The van der Waals surface area contributed by atoms with Crippen molar-refractivity contribution in [3.63, 3.8) is 0 Å². The standard InChI is InChI=1S/C12H18O/c1-9(2)7-12(4)6-5-11(13)10(3)8-12/h8H,1,5-7H2,2-4H3. The van der Waals surface area contributed by atoms with Gasteiger partial charge in [0.15, 0.2) is 5.78 Å².